The predicted molar refractivity (Wildman–Crippen MR) is 118 cm³/mol. The van der Waals surface area contributed by atoms with Gasteiger partial charge >= 0.3 is 0 Å². The Kier molecular flexibility index (Phi) is 5.85. The molecule has 0 aliphatic heterocycles. The van der Waals surface area contributed by atoms with Crippen LogP contribution in [0.1, 0.15) is 11.1 Å². The summed E-state index contributed by atoms with van der Waals surface area (Å²) < 4.78 is 5.98. The van der Waals surface area contributed by atoms with Crippen LogP contribution in [0, 0.1) is 11.3 Å². The van der Waals surface area contributed by atoms with Crippen LogP contribution in [0.15, 0.2) is 82.9 Å². The van der Waals surface area contributed by atoms with Gasteiger partial charge in [-0.15, -0.1) is 0 Å². The summed E-state index contributed by atoms with van der Waals surface area (Å²) in [6, 6.07) is 25.2. The Morgan fingerprint density at radius 2 is 1.83 bits per heavy atom. The van der Waals surface area contributed by atoms with Crippen LogP contribution < -0.4 is 4.74 Å². The van der Waals surface area contributed by atoms with Gasteiger partial charge in [0.2, 0.25) is 0 Å². The van der Waals surface area contributed by atoms with E-state index >= 15 is 0 Å². The van der Waals surface area contributed by atoms with Gasteiger partial charge in [0.25, 0.3) is 0 Å². The number of nitriles is 1. The van der Waals surface area contributed by atoms with Crippen molar-refractivity contribution in [2.75, 3.05) is 0 Å². The van der Waals surface area contributed by atoms with Crippen LogP contribution in [0.25, 0.3) is 17.1 Å². The maximum Gasteiger partial charge on any atom is 0.171 e. The van der Waals surface area contributed by atoms with Crippen molar-refractivity contribution in [3.8, 4) is 11.8 Å². The average Bonchev–Trinajstić information content (AvgIpc) is 3.16. The summed E-state index contributed by atoms with van der Waals surface area (Å²) in [6.45, 7) is 0.417. The molecule has 0 aliphatic rings. The first-order valence-electron chi connectivity index (χ1n) is 8.92. The lowest BCUT2D eigenvalue weighted by atomic mass is 10.2. The van der Waals surface area contributed by atoms with Crippen LogP contribution in [0.3, 0.4) is 0 Å². The van der Waals surface area contributed by atoms with E-state index in [9.17, 15) is 5.26 Å². The van der Waals surface area contributed by atoms with E-state index in [0.717, 1.165) is 22.2 Å². The van der Waals surface area contributed by atoms with Crippen molar-refractivity contribution in [3.63, 3.8) is 0 Å². The second-order valence-electron chi connectivity index (χ2n) is 6.23. The number of nitrogens with zero attached hydrogens (tertiary/aromatic N) is 2. The number of allylic oxidation sites excluding steroid dienone is 1. The fourth-order valence-corrected chi connectivity index (χ4v) is 3.65. The highest BCUT2D eigenvalue weighted by molar-refractivity contribution is 8.03. The van der Waals surface area contributed by atoms with Crippen LogP contribution in [-0.2, 0) is 6.61 Å². The normalized spacial score (nSPS) is 11.4. The van der Waals surface area contributed by atoms with Crippen LogP contribution >= 0.6 is 23.4 Å². The topological polar surface area (TPSA) is 61.7 Å². The highest BCUT2D eigenvalue weighted by atomic mass is 35.5. The maximum absolute atomic E-state index is 9.61. The van der Waals surface area contributed by atoms with Crippen LogP contribution in [0.2, 0.25) is 5.02 Å². The molecule has 1 heterocycles. The zero-order chi connectivity index (χ0) is 20.1. The molecular weight excluding hydrogens is 402 g/mol. The van der Waals surface area contributed by atoms with E-state index < -0.39 is 0 Å². The van der Waals surface area contributed by atoms with Gasteiger partial charge in [-0.3, -0.25) is 0 Å². The van der Waals surface area contributed by atoms with Crippen molar-refractivity contribution >= 4 is 40.5 Å². The SMILES string of the molecule is N#C/C(=C/c1ccccc1OCc1ccc(Cl)cc1)Sc1nc2ccccc2[nH]1. The van der Waals surface area contributed by atoms with Crippen LogP contribution in [0.5, 0.6) is 5.75 Å². The molecule has 0 amide bonds. The minimum atomic E-state index is 0.417. The number of thioether (sulfide) groups is 1. The number of aromatic nitrogens is 2. The van der Waals surface area contributed by atoms with Gasteiger partial charge in [0.1, 0.15) is 18.4 Å². The molecule has 0 fully saturated rings. The van der Waals surface area contributed by atoms with Crippen molar-refractivity contribution in [2.45, 2.75) is 11.8 Å². The van der Waals surface area contributed by atoms with Gasteiger partial charge in [0.05, 0.1) is 15.9 Å². The highest BCUT2D eigenvalue weighted by Gasteiger charge is 2.08. The number of aromatic amines is 1. The smallest absolute Gasteiger partial charge is 0.171 e. The molecule has 1 N–H and O–H groups in total. The second kappa shape index (κ2) is 8.87. The molecule has 0 spiro atoms. The lowest BCUT2D eigenvalue weighted by Gasteiger charge is -2.09. The number of fused-ring (bicyclic) bond motifs is 1. The number of hydrogen-bond acceptors (Lipinski definition) is 4. The van der Waals surface area contributed by atoms with Gasteiger partial charge in [-0.05, 0) is 53.7 Å². The highest BCUT2D eigenvalue weighted by Crippen LogP contribution is 2.30. The van der Waals surface area contributed by atoms with Crippen molar-refractivity contribution in [3.05, 3.63) is 93.9 Å². The average molecular weight is 418 g/mol. The summed E-state index contributed by atoms with van der Waals surface area (Å²) >= 11 is 7.23. The summed E-state index contributed by atoms with van der Waals surface area (Å²) in [7, 11) is 0. The van der Waals surface area contributed by atoms with Crippen molar-refractivity contribution in [2.24, 2.45) is 0 Å². The fourth-order valence-electron chi connectivity index (χ4n) is 2.78. The van der Waals surface area contributed by atoms with Crippen molar-refractivity contribution < 1.29 is 4.74 Å². The second-order valence-corrected chi connectivity index (χ2v) is 7.70. The number of benzene rings is 3. The number of ether oxygens (including phenoxy) is 1. The number of imidazole rings is 1. The molecule has 4 aromatic rings. The molecule has 0 radical (unpaired) electrons. The molecule has 0 saturated heterocycles. The molecule has 4 nitrogen and oxygen atoms in total. The standard InChI is InChI=1S/C23H16ClN3OS/c24-18-11-9-16(10-12-18)15-28-22-8-4-1-5-17(22)13-19(14-25)29-23-26-20-6-2-3-7-21(20)27-23/h1-13H,15H2,(H,26,27)/b19-13-. The largest absolute Gasteiger partial charge is 0.488 e. The van der Waals surface area contributed by atoms with Gasteiger partial charge in [0.15, 0.2) is 5.16 Å². The first-order chi connectivity index (χ1) is 14.2. The molecule has 0 unspecified atom stereocenters. The van der Waals surface area contributed by atoms with Gasteiger partial charge < -0.3 is 9.72 Å². The number of halogens is 1. The molecule has 142 valence electrons. The third-order valence-electron chi connectivity index (χ3n) is 4.20. The van der Waals surface area contributed by atoms with Gasteiger partial charge in [-0.2, -0.15) is 5.26 Å². The summed E-state index contributed by atoms with van der Waals surface area (Å²) in [5.74, 6) is 0.709. The molecule has 3 aromatic carbocycles. The van der Waals surface area contributed by atoms with Crippen molar-refractivity contribution in [1.82, 2.24) is 9.97 Å². The quantitative estimate of drug-likeness (QED) is 0.289. The van der Waals surface area contributed by atoms with Crippen LogP contribution in [-0.4, -0.2) is 9.97 Å². The summed E-state index contributed by atoms with van der Waals surface area (Å²) in [4.78, 5) is 8.27. The predicted octanol–water partition coefficient (Wildman–Crippen LogP) is 6.45. The Bertz CT molecular complexity index is 1180. The molecule has 29 heavy (non-hydrogen) atoms. The number of hydrogen-bond donors (Lipinski definition) is 1. The molecule has 4 rings (SSSR count). The van der Waals surface area contributed by atoms with E-state index in [0.29, 0.717) is 27.4 Å². The van der Waals surface area contributed by atoms with E-state index in [2.05, 4.69) is 16.0 Å². The van der Waals surface area contributed by atoms with E-state index in [-0.39, 0.29) is 0 Å². The Labute approximate surface area is 177 Å². The summed E-state index contributed by atoms with van der Waals surface area (Å²) in [6.07, 6.45) is 1.81. The van der Waals surface area contributed by atoms with E-state index in [1.54, 1.807) is 0 Å². The first kappa shape index (κ1) is 19.1. The van der Waals surface area contributed by atoms with Crippen LogP contribution in [0.4, 0.5) is 0 Å². The molecule has 0 aliphatic carbocycles. The molecule has 0 saturated carbocycles. The number of nitrogens with one attached hydrogen (secondary N) is 1. The third kappa shape index (κ3) is 4.80. The Balaban J connectivity index is 1.54. The molecule has 1 aromatic heterocycles. The van der Waals surface area contributed by atoms with Gasteiger partial charge in [-0.1, -0.05) is 54.1 Å². The number of H-pyrrole nitrogens is 1. The lowest BCUT2D eigenvalue weighted by molar-refractivity contribution is 0.305. The molecule has 0 bridgehead atoms. The zero-order valence-electron chi connectivity index (χ0n) is 15.3. The van der Waals surface area contributed by atoms with Gasteiger partial charge in [0, 0.05) is 10.6 Å². The molecule has 0 atom stereocenters. The monoisotopic (exact) mass is 417 g/mol. The summed E-state index contributed by atoms with van der Waals surface area (Å²) in [5, 5.41) is 11.0. The minimum Gasteiger partial charge on any atom is -0.488 e. The van der Waals surface area contributed by atoms with Gasteiger partial charge in [-0.25, -0.2) is 4.98 Å². The number of para-hydroxylation sites is 3. The van der Waals surface area contributed by atoms with E-state index in [4.69, 9.17) is 16.3 Å². The van der Waals surface area contributed by atoms with Crippen molar-refractivity contribution in [1.29, 1.82) is 5.26 Å². The Morgan fingerprint density at radius 3 is 2.62 bits per heavy atom. The lowest BCUT2D eigenvalue weighted by Crippen LogP contribution is -1.96. The minimum absolute atomic E-state index is 0.417. The zero-order valence-corrected chi connectivity index (χ0v) is 16.9. The number of rotatable bonds is 6. The fraction of sp³-hybridized carbons (Fsp3) is 0.0435. The van der Waals surface area contributed by atoms with E-state index in [1.165, 1.54) is 11.8 Å². The Morgan fingerprint density at radius 1 is 1.07 bits per heavy atom. The third-order valence-corrected chi connectivity index (χ3v) is 5.27. The molecular formula is C23H16ClN3OS. The Hall–Kier alpha value is -3.20. The summed E-state index contributed by atoms with van der Waals surface area (Å²) in [5.41, 5.74) is 3.67. The maximum atomic E-state index is 9.61. The van der Waals surface area contributed by atoms with E-state index in [1.807, 2.05) is 78.9 Å². The first-order valence-corrected chi connectivity index (χ1v) is 10.1. The molecule has 6 heteroatoms.